The number of nitro groups is 1. The van der Waals surface area contributed by atoms with E-state index < -0.39 is 4.92 Å². The number of hydrogen-bond acceptors (Lipinski definition) is 4. The van der Waals surface area contributed by atoms with E-state index in [4.69, 9.17) is 0 Å². The molecule has 0 aliphatic carbocycles. The van der Waals surface area contributed by atoms with Gasteiger partial charge < -0.3 is 5.32 Å². The summed E-state index contributed by atoms with van der Waals surface area (Å²) in [5, 5.41) is 13.4. The quantitative estimate of drug-likeness (QED) is 0.481. The fraction of sp³-hybridized carbons (Fsp3) is 0.182. The highest BCUT2D eigenvalue weighted by Gasteiger charge is 2.04. The summed E-state index contributed by atoms with van der Waals surface area (Å²) >= 11 is 0. The number of nitrogens with one attached hydrogen (secondary N) is 1. The number of rotatable bonds is 4. The predicted molar refractivity (Wildman–Crippen MR) is 65.8 cm³/mol. The van der Waals surface area contributed by atoms with Crippen molar-refractivity contribution in [2.45, 2.75) is 6.92 Å². The van der Waals surface area contributed by atoms with E-state index in [0.29, 0.717) is 5.69 Å². The zero-order valence-corrected chi connectivity index (χ0v) is 9.23. The van der Waals surface area contributed by atoms with Gasteiger partial charge in [0.15, 0.2) is 0 Å². The summed E-state index contributed by atoms with van der Waals surface area (Å²) in [4.78, 5) is 13.9. The van der Waals surface area contributed by atoms with Gasteiger partial charge in [-0.05, 0) is 24.4 Å². The van der Waals surface area contributed by atoms with Crippen molar-refractivity contribution in [1.82, 2.24) is 0 Å². The van der Waals surface area contributed by atoms with Crippen LogP contribution in [0.4, 0.5) is 11.4 Å². The lowest BCUT2D eigenvalue weighted by Crippen LogP contribution is -1.93. The van der Waals surface area contributed by atoms with Crippen molar-refractivity contribution in [2.75, 3.05) is 12.4 Å². The van der Waals surface area contributed by atoms with Gasteiger partial charge in [0.2, 0.25) is 5.70 Å². The SMILES string of the molecule is C=Nc1cc(/C=C(\C)[N+](=O)[O-])ccc1NC. The average molecular weight is 219 g/mol. The molecule has 84 valence electrons. The van der Waals surface area contributed by atoms with Crippen LogP contribution in [0.5, 0.6) is 0 Å². The van der Waals surface area contributed by atoms with Crippen LogP contribution < -0.4 is 5.32 Å². The highest BCUT2D eigenvalue weighted by Crippen LogP contribution is 2.26. The van der Waals surface area contributed by atoms with Crippen molar-refractivity contribution in [1.29, 1.82) is 0 Å². The van der Waals surface area contributed by atoms with Crippen molar-refractivity contribution >= 4 is 24.2 Å². The Balaban J connectivity index is 3.13. The minimum absolute atomic E-state index is 0.0900. The fourth-order valence-electron chi connectivity index (χ4n) is 1.27. The first kappa shape index (κ1) is 11.9. The van der Waals surface area contributed by atoms with Crippen LogP contribution in [-0.2, 0) is 0 Å². The number of nitrogens with zero attached hydrogens (tertiary/aromatic N) is 2. The molecule has 0 amide bonds. The van der Waals surface area contributed by atoms with Gasteiger partial charge in [-0.15, -0.1) is 0 Å². The summed E-state index contributed by atoms with van der Waals surface area (Å²) in [5.41, 5.74) is 2.33. The number of benzene rings is 1. The molecular formula is C11H13N3O2. The van der Waals surface area contributed by atoms with Crippen LogP contribution >= 0.6 is 0 Å². The Morgan fingerprint density at radius 2 is 2.31 bits per heavy atom. The number of hydrogen-bond donors (Lipinski definition) is 1. The van der Waals surface area contributed by atoms with Crippen LogP contribution in [0.3, 0.4) is 0 Å². The maximum Gasteiger partial charge on any atom is 0.243 e. The summed E-state index contributed by atoms with van der Waals surface area (Å²) in [5.74, 6) is 0. The molecule has 16 heavy (non-hydrogen) atoms. The molecule has 0 fully saturated rings. The molecule has 0 aromatic heterocycles. The molecule has 0 saturated carbocycles. The van der Waals surface area contributed by atoms with E-state index in [2.05, 4.69) is 17.0 Å². The largest absolute Gasteiger partial charge is 0.386 e. The van der Waals surface area contributed by atoms with Crippen LogP contribution in [-0.4, -0.2) is 18.7 Å². The van der Waals surface area contributed by atoms with Crippen LogP contribution in [0.2, 0.25) is 0 Å². The van der Waals surface area contributed by atoms with E-state index in [1.165, 1.54) is 13.0 Å². The summed E-state index contributed by atoms with van der Waals surface area (Å²) in [6, 6.07) is 5.34. The molecule has 1 aromatic carbocycles. The van der Waals surface area contributed by atoms with E-state index in [9.17, 15) is 10.1 Å². The third-order valence-electron chi connectivity index (χ3n) is 2.13. The van der Waals surface area contributed by atoms with E-state index in [1.807, 2.05) is 6.07 Å². The van der Waals surface area contributed by atoms with Crippen molar-refractivity contribution in [3.05, 3.63) is 39.6 Å². The minimum atomic E-state index is -0.424. The molecule has 5 nitrogen and oxygen atoms in total. The predicted octanol–water partition coefficient (Wildman–Crippen LogP) is 2.70. The second-order valence-corrected chi connectivity index (χ2v) is 3.23. The zero-order valence-electron chi connectivity index (χ0n) is 9.23. The molecule has 5 heteroatoms. The first-order valence-electron chi connectivity index (χ1n) is 4.69. The first-order valence-corrected chi connectivity index (χ1v) is 4.69. The molecule has 0 saturated heterocycles. The third kappa shape index (κ3) is 2.66. The van der Waals surface area contributed by atoms with Gasteiger partial charge in [0.05, 0.1) is 16.3 Å². The molecule has 1 aromatic rings. The molecular weight excluding hydrogens is 206 g/mol. The molecule has 0 unspecified atom stereocenters. The molecule has 0 radical (unpaired) electrons. The number of anilines is 1. The third-order valence-corrected chi connectivity index (χ3v) is 2.13. The summed E-state index contributed by atoms with van der Waals surface area (Å²) in [7, 11) is 1.78. The lowest BCUT2D eigenvalue weighted by atomic mass is 10.1. The van der Waals surface area contributed by atoms with E-state index in [1.54, 1.807) is 19.2 Å². The zero-order chi connectivity index (χ0) is 12.1. The number of aliphatic imine (C=N–C) groups is 1. The highest BCUT2D eigenvalue weighted by atomic mass is 16.6. The van der Waals surface area contributed by atoms with Gasteiger partial charge >= 0.3 is 0 Å². The normalized spacial score (nSPS) is 11.0. The smallest absolute Gasteiger partial charge is 0.243 e. The Bertz CT molecular complexity index is 453. The van der Waals surface area contributed by atoms with Gasteiger partial charge in [0.1, 0.15) is 0 Å². The Labute approximate surface area is 93.7 Å². The van der Waals surface area contributed by atoms with Gasteiger partial charge in [0.25, 0.3) is 0 Å². The summed E-state index contributed by atoms with van der Waals surface area (Å²) in [6.45, 7) is 4.90. The van der Waals surface area contributed by atoms with Gasteiger partial charge in [0, 0.05) is 20.0 Å². The average Bonchev–Trinajstić information content (AvgIpc) is 2.28. The number of allylic oxidation sites excluding steroid dienone is 1. The van der Waals surface area contributed by atoms with E-state index in [-0.39, 0.29) is 5.70 Å². The molecule has 0 bridgehead atoms. The maximum absolute atomic E-state index is 10.5. The molecule has 1 N–H and O–H groups in total. The molecule has 1 rings (SSSR count). The molecule has 0 atom stereocenters. The topological polar surface area (TPSA) is 67.5 Å². The van der Waals surface area contributed by atoms with Crippen molar-refractivity contribution < 1.29 is 4.92 Å². The van der Waals surface area contributed by atoms with Gasteiger partial charge in [-0.25, -0.2) is 0 Å². The Hall–Kier alpha value is -2.17. The van der Waals surface area contributed by atoms with Gasteiger partial charge in [-0.3, -0.25) is 15.1 Å². The second kappa shape index (κ2) is 5.06. The highest BCUT2D eigenvalue weighted by molar-refractivity contribution is 5.71. The van der Waals surface area contributed by atoms with Gasteiger partial charge in [-0.2, -0.15) is 0 Å². The maximum atomic E-state index is 10.5. The second-order valence-electron chi connectivity index (χ2n) is 3.23. The molecule has 0 aliphatic heterocycles. The molecule has 0 spiro atoms. The minimum Gasteiger partial charge on any atom is -0.386 e. The van der Waals surface area contributed by atoms with Crippen LogP contribution in [0.1, 0.15) is 12.5 Å². The molecule has 0 heterocycles. The Kier molecular flexibility index (Phi) is 3.77. The Morgan fingerprint density at radius 3 is 2.81 bits per heavy atom. The summed E-state index contributed by atoms with van der Waals surface area (Å²) < 4.78 is 0. The fourth-order valence-corrected chi connectivity index (χ4v) is 1.27. The lowest BCUT2D eigenvalue weighted by molar-refractivity contribution is -0.422. The monoisotopic (exact) mass is 219 g/mol. The first-order chi connectivity index (χ1) is 7.58. The van der Waals surface area contributed by atoms with Crippen LogP contribution in [0, 0.1) is 10.1 Å². The van der Waals surface area contributed by atoms with Crippen molar-refractivity contribution in [2.24, 2.45) is 4.99 Å². The van der Waals surface area contributed by atoms with E-state index >= 15 is 0 Å². The van der Waals surface area contributed by atoms with Gasteiger partial charge in [-0.1, -0.05) is 6.07 Å². The van der Waals surface area contributed by atoms with Crippen LogP contribution in [0.15, 0.2) is 28.9 Å². The lowest BCUT2D eigenvalue weighted by Gasteiger charge is -2.05. The van der Waals surface area contributed by atoms with Crippen molar-refractivity contribution in [3.8, 4) is 0 Å². The summed E-state index contributed by atoms with van der Waals surface area (Å²) in [6.07, 6.45) is 1.49. The standard InChI is InChI=1S/C11H13N3O2/c1-8(14(15)16)6-9-4-5-10(12-2)11(7-9)13-3/h4-7,12H,3H2,1-2H3/b8-6+. The van der Waals surface area contributed by atoms with E-state index in [0.717, 1.165) is 11.3 Å². The van der Waals surface area contributed by atoms with Crippen molar-refractivity contribution in [3.63, 3.8) is 0 Å². The molecule has 0 aliphatic rings. The Morgan fingerprint density at radius 1 is 1.62 bits per heavy atom. The van der Waals surface area contributed by atoms with Crippen LogP contribution in [0.25, 0.3) is 6.08 Å².